The van der Waals surface area contributed by atoms with Crippen molar-refractivity contribution in [2.75, 3.05) is 20.1 Å². The molecule has 0 aromatic heterocycles. The Morgan fingerprint density at radius 3 is 2.47 bits per heavy atom. The van der Waals surface area contributed by atoms with Gasteiger partial charge in [-0.15, -0.1) is 0 Å². The highest BCUT2D eigenvalue weighted by molar-refractivity contribution is 4.90. The summed E-state index contributed by atoms with van der Waals surface area (Å²) in [5, 5.41) is 3.59. The molecule has 0 aromatic rings. The Bertz CT molecular complexity index is 250. The van der Waals surface area contributed by atoms with Crippen LogP contribution in [0.1, 0.15) is 65.2 Å². The summed E-state index contributed by atoms with van der Waals surface area (Å²) in [6, 6.07) is 1.71. The van der Waals surface area contributed by atoms with Crippen molar-refractivity contribution in [2.45, 2.75) is 77.3 Å². The zero-order valence-electron chi connectivity index (χ0n) is 13.3. The lowest BCUT2D eigenvalue weighted by molar-refractivity contribution is 0.135. The van der Waals surface area contributed by atoms with Gasteiger partial charge in [0.05, 0.1) is 0 Å². The maximum atomic E-state index is 3.59. The quantitative estimate of drug-likeness (QED) is 0.721. The molecule has 3 atom stereocenters. The van der Waals surface area contributed by atoms with Crippen LogP contribution < -0.4 is 5.32 Å². The first-order valence-corrected chi connectivity index (χ1v) is 8.69. The van der Waals surface area contributed by atoms with E-state index in [1.807, 2.05) is 0 Å². The molecule has 2 aliphatic rings. The third-order valence-corrected chi connectivity index (χ3v) is 5.37. The molecule has 0 aliphatic heterocycles. The van der Waals surface area contributed by atoms with Gasteiger partial charge in [0.25, 0.3) is 0 Å². The van der Waals surface area contributed by atoms with E-state index in [2.05, 4.69) is 31.1 Å². The number of nitrogens with one attached hydrogen (secondary N) is 1. The molecule has 0 radical (unpaired) electrons. The lowest BCUT2D eigenvalue weighted by Crippen LogP contribution is -2.45. The molecule has 2 heteroatoms. The average molecular weight is 266 g/mol. The zero-order valence-corrected chi connectivity index (χ0v) is 13.3. The second-order valence-electron chi connectivity index (χ2n) is 6.82. The molecular weight excluding hydrogens is 232 g/mol. The maximum Gasteiger partial charge on any atom is 0.0105 e. The number of hydrogen-bond donors (Lipinski definition) is 1. The van der Waals surface area contributed by atoms with Crippen molar-refractivity contribution in [3.63, 3.8) is 0 Å². The third-order valence-electron chi connectivity index (χ3n) is 5.37. The van der Waals surface area contributed by atoms with Gasteiger partial charge >= 0.3 is 0 Å². The maximum absolute atomic E-state index is 3.59. The molecule has 2 fully saturated rings. The second-order valence-corrected chi connectivity index (χ2v) is 6.82. The van der Waals surface area contributed by atoms with Gasteiger partial charge < -0.3 is 10.2 Å². The van der Waals surface area contributed by atoms with Crippen LogP contribution in [0.25, 0.3) is 0 Å². The van der Waals surface area contributed by atoms with E-state index in [1.54, 1.807) is 0 Å². The molecule has 0 heterocycles. The first kappa shape index (κ1) is 15.3. The van der Waals surface area contributed by atoms with Crippen molar-refractivity contribution >= 4 is 0 Å². The summed E-state index contributed by atoms with van der Waals surface area (Å²) in [5.41, 5.74) is 0. The number of hydrogen-bond acceptors (Lipinski definition) is 2. The minimum absolute atomic E-state index is 0.769. The summed E-state index contributed by atoms with van der Waals surface area (Å²) in [5.74, 6) is 1.88. The summed E-state index contributed by atoms with van der Waals surface area (Å²) >= 11 is 0. The molecule has 0 saturated heterocycles. The van der Waals surface area contributed by atoms with E-state index in [-0.39, 0.29) is 0 Å². The highest BCUT2D eigenvalue weighted by Crippen LogP contribution is 2.34. The standard InChI is InChI=1S/C17H34N2/c1-4-6-11-19(16-8-9-16)13-15-12-14(5-2)7-10-17(15)18-3/h14-18H,4-13H2,1-3H3. The fourth-order valence-electron chi connectivity index (χ4n) is 3.84. The van der Waals surface area contributed by atoms with Crippen LogP contribution in [0, 0.1) is 11.8 Å². The van der Waals surface area contributed by atoms with Crippen LogP contribution in [0.15, 0.2) is 0 Å². The molecule has 2 nitrogen and oxygen atoms in total. The van der Waals surface area contributed by atoms with Gasteiger partial charge in [-0.1, -0.05) is 26.7 Å². The average Bonchev–Trinajstić information content (AvgIpc) is 3.27. The Labute approximate surface area is 120 Å². The van der Waals surface area contributed by atoms with E-state index in [9.17, 15) is 0 Å². The highest BCUT2D eigenvalue weighted by atomic mass is 15.2. The SMILES string of the molecule is CCCCN(CC1CC(CC)CCC1NC)C1CC1. The highest BCUT2D eigenvalue weighted by Gasteiger charge is 2.34. The van der Waals surface area contributed by atoms with Crippen LogP contribution >= 0.6 is 0 Å². The Hall–Kier alpha value is -0.0800. The monoisotopic (exact) mass is 266 g/mol. The van der Waals surface area contributed by atoms with Crippen molar-refractivity contribution in [1.82, 2.24) is 10.2 Å². The Kier molecular flexibility index (Phi) is 6.15. The van der Waals surface area contributed by atoms with Gasteiger partial charge in [0, 0.05) is 18.6 Å². The van der Waals surface area contributed by atoms with Crippen LogP contribution in [0.2, 0.25) is 0 Å². The molecule has 0 aromatic carbocycles. The summed E-state index contributed by atoms with van der Waals surface area (Å²) < 4.78 is 0. The molecule has 19 heavy (non-hydrogen) atoms. The smallest absolute Gasteiger partial charge is 0.0105 e. The fourth-order valence-corrected chi connectivity index (χ4v) is 3.84. The van der Waals surface area contributed by atoms with E-state index in [1.165, 1.54) is 64.5 Å². The molecule has 0 bridgehead atoms. The van der Waals surface area contributed by atoms with Crippen LogP contribution in [0.4, 0.5) is 0 Å². The van der Waals surface area contributed by atoms with E-state index in [0.29, 0.717) is 0 Å². The topological polar surface area (TPSA) is 15.3 Å². The van der Waals surface area contributed by atoms with Gasteiger partial charge in [0.1, 0.15) is 0 Å². The van der Waals surface area contributed by atoms with Gasteiger partial charge in [0.15, 0.2) is 0 Å². The minimum atomic E-state index is 0.769. The molecule has 3 unspecified atom stereocenters. The van der Waals surface area contributed by atoms with Gasteiger partial charge in [-0.25, -0.2) is 0 Å². The van der Waals surface area contributed by atoms with E-state index >= 15 is 0 Å². The molecule has 2 aliphatic carbocycles. The Morgan fingerprint density at radius 1 is 1.11 bits per heavy atom. The number of unbranched alkanes of at least 4 members (excludes halogenated alkanes) is 1. The Balaban J connectivity index is 1.88. The Morgan fingerprint density at radius 2 is 1.89 bits per heavy atom. The van der Waals surface area contributed by atoms with Gasteiger partial charge in [-0.3, -0.25) is 0 Å². The molecule has 1 N–H and O–H groups in total. The molecule has 2 rings (SSSR count). The van der Waals surface area contributed by atoms with E-state index in [4.69, 9.17) is 0 Å². The fraction of sp³-hybridized carbons (Fsp3) is 1.00. The lowest BCUT2D eigenvalue weighted by Gasteiger charge is -2.39. The molecule has 0 amide bonds. The molecule has 112 valence electrons. The van der Waals surface area contributed by atoms with Crippen molar-refractivity contribution < 1.29 is 0 Å². The molecule has 0 spiro atoms. The predicted molar refractivity (Wildman–Crippen MR) is 83.5 cm³/mol. The van der Waals surface area contributed by atoms with Gasteiger partial charge in [-0.2, -0.15) is 0 Å². The third kappa shape index (κ3) is 4.46. The first-order valence-electron chi connectivity index (χ1n) is 8.69. The number of rotatable bonds is 8. The molecular formula is C17H34N2. The van der Waals surface area contributed by atoms with Crippen LogP contribution in [-0.2, 0) is 0 Å². The summed E-state index contributed by atoms with van der Waals surface area (Å²) in [6.45, 7) is 7.38. The van der Waals surface area contributed by atoms with E-state index < -0.39 is 0 Å². The largest absolute Gasteiger partial charge is 0.317 e. The summed E-state index contributed by atoms with van der Waals surface area (Å²) in [7, 11) is 2.16. The number of nitrogens with zero attached hydrogens (tertiary/aromatic N) is 1. The molecule has 2 saturated carbocycles. The summed E-state index contributed by atoms with van der Waals surface area (Å²) in [4.78, 5) is 2.82. The van der Waals surface area contributed by atoms with Crippen LogP contribution in [0.5, 0.6) is 0 Å². The van der Waals surface area contributed by atoms with Crippen molar-refractivity contribution in [3.8, 4) is 0 Å². The lowest BCUT2D eigenvalue weighted by atomic mass is 9.76. The van der Waals surface area contributed by atoms with Gasteiger partial charge in [0.2, 0.25) is 0 Å². The first-order chi connectivity index (χ1) is 9.28. The van der Waals surface area contributed by atoms with Crippen molar-refractivity contribution in [1.29, 1.82) is 0 Å². The van der Waals surface area contributed by atoms with Crippen LogP contribution in [-0.4, -0.2) is 37.1 Å². The zero-order chi connectivity index (χ0) is 13.7. The predicted octanol–water partition coefficient (Wildman–Crippen LogP) is 3.67. The van der Waals surface area contributed by atoms with Crippen molar-refractivity contribution in [3.05, 3.63) is 0 Å². The van der Waals surface area contributed by atoms with E-state index in [0.717, 1.165) is 23.9 Å². The van der Waals surface area contributed by atoms with Crippen LogP contribution in [0.3, 0.4) is 0 Å². The minimum Gasteiger partial charge on any atom is -0.317 e. The normalized spacial score (nSPS) is 31.9. The summed E-state index contributed by atoms with van der Waals surface area (Å²) in [6.07, 6.45) is 11.3. The second kappa shape index (κ2) is 7.64. The van der Waals surface area contributed by atoms with Gasteiger partial charge in [-0.05, 0) is 64.0 Å². The van der Waals surface area contributed by atoms with Crippen molar-refractivity contribution in [2.24, 2.45) is 11.8 Å².